The highest BCUT2D eigenvalue weighted by Crippen LogP contribution is 2.47. The number of ether oxygens (including phenoxy) is 9. The SMILES string of the molecule is CC1[C@H](OCCCNC(=O)CCOCC(COCCC(=O)NCCCO[C@@H]2OC(CO)[C@H](O)[C@H](O)C2C)(COCCC(=O)NCCCO[C@@H]2OC(CO)[C@H](O)[C@H](O)C2C)NC(=O)CCCC(=O)OP(F)P)OC(CO)[C@H](O)[C@@H]1O. The lowest BCUT2D eigenvalue weighted by Gasteiger charge is -2.40. The van der Waals surface area contributed by atoms with Crippen LogP contribution >= 0.6 is 17.1 Å². The molecule has 17 atom stereocenters. The molecule has 3 aliphatic heterocycles. The second-order valence-corrected chi connectivity index (χ2v) is 21.7. The summed E-state index contributed by atoms with van der Waals surface area (Å²) in [4.78, 5) is 64.0. The van der Waals surface area contributed by atoms with Crippen LogP contribution in [0.1, 0.15) is 78.6 Å². The third-order valence-corrected chi connectivity index (χ3v) is 14.0. The van der Waals surface area contributed by atoms with E-state index in [2.05, 4.69) is 25.8 Å². The van der Waals surface area contributed by atoms with Gasteiger partial charge < -0.3 is 114 Å². The molecule has 8 unspecified atom stereocenters. The van der Waals surface area contributed by atoms with Crippen LogP contribution in [0.2, 0.25) is 0 Å². The standard InChI is InChI=1S/C48H87FN4O24P2/c1-28-39(62)42(65)31(22-54)74-45(28)71-16-5-13-50-34(57)10-19-68-25-48(53-37(60)8-4-9-38(61)77-79(49)78,26-69-20-11-35(58)51-14-6-17-72-46-29(2)40(63)43(66)32(23-55)75-46)27-70-21-12-36(59)52-15-7-18-73-47-30(3)41(64)44(67)33(24-56)76-47/h28-33,39-47,54-56,62-67H,4-27,78H2,1-3H3,(H,50,57)(H,51,58)(H,52,59)(H,53,60)/t28?,29?,30?,31?,32?,33?,39-,40-,41-,42+,43+,44+,45-,46-,47-,48?,79?/m1/s1. The van der Waals surface area contributed by atoms with Crippen LogP contribution in [0.4, 0.5) is 4.20 Å². The molecule has 31 heteroatoms. The second kappa shape index (κ2) is 38.3. The molecule has 79 heavy (non-hydrogen) atoms. The van der Waals surface area contributed by atoms with Crippen LogP contribution in [-0.2, 0) is 71.1 Å². The van der Waals surface area contributed by atoms with E-state index in [1.54, 1.807) is 29.7 Å². The molecule has 0 aromatic carbocycles. The molecule has 13 N–H and O–H groups in total. The molecular formula is C48H87FN4O24P2. The number of carbonyl (C=O) groups is 5. The molecule has 3 saturated heterocycles. The summed E-state index contributed by atoms with van der Waals surface area (Å²) in [6.07, 6.45) is -13.0. The summed E-state index contributed by atoms with van der Waals surface area (Å²) in [7, 11) is -0.798. The normalized spacial score (nSPS) is 30.2. The van der Waals surface area contributed by atoms with Gasteiger partial charge >= 0.3 is 5.97 Å². The average Bonchev–Trinajstić information content (AvgIpc) is 3.43. The zero-order chi connectivity index (χ0) is 58.5. The van der Waals surface area contributed by atoms with Crippen LogP contribution in [0, 0.1) is 17.8 Å². The van der Waals surface area contributed by atoms with E-state index in [-0.39, 0.29) is 118 Å². The molecule has 4 amide bonds. The van der Waals surface area contributed by atoms with E-state index >= 15 is 0 Å². The van der Waals surface area contributed by atoms with Crippen LogP contribution in [0.5, 0.6) is 0 Å². The Morgan fingerprint density at radius 2 is 0.823 bits per heavy atom. The van der Waals surface area contributed by atoms with Gasteiger partial charge in [-0.15, -0.1) is 0 Å². The Kier molecular flexibility index (Phi) is 34.3. The van der Waals surface area contributed by atoms with E-state index in [0.717, 1.165) is 0 Å². The Morgan fingerprint density at radius 3 is 1.13 bits per heavy atom. The lowest BCUT2D eigenvalue weighted by molar-refractivity contribution is -0.282. The molecule has 28 nitrogen and oxygen atoms in total. The number of amides is 4. The maximum atomic E-state index is 13.5. The van der Waals surface area contributed by atoms with Crippen molar-refractivity contribution in [3.05, 3.63) is 0 Å². The van der Waals surface area contributed by atoms with Gasteiger partial charge in [0, 0.05) is 69.5 Å². The summed E-state index contributed by atoms with van der Waals surface area (Å²) in [6.45, 7) is 2.80. The Balaban J connectivity index is 1.58. The second-order valence-electron chi connectivity index (χ2n) is 19.7. The summed E-state index contributed by atoms with van der Waals surface area (Å²) < 4.78 is 69.4. The predicted octanol–water partition coefficient (Wildman–Crippen LogP) is -3.36. The van der Waals surface area contributed by atoms with Gasteiger partial charge in [0.05, 0.1) is 97.6 Å². The lowest BCUT2D eigenvalue weighted by Crippen LogP contribution is -2.58. The smallest absolute Gasteiger partial charge is 0.310 e. The molecule has 0 radical (unpaired) electrons. The third-order valence-electron chi connectivity index (χ3n) is 13.3. The fourth-order valence-electron chi connectivity index (χ4n) is 8.42. The van der Waals surface area contributed by atoms with Gasteiger partial charge in [0.15, 0.2) is 18.9 Å². The first-order valence-corrected chi connectivity index (χ1v) is 29.4. The molecule has 0 aromatic heterocycles. The number of aliphatic hydroxyl groups excluding tert-OH is 9. The van der Waals surface area contributed by atoms with E-state index in [1.165, 1.54) is 0 Å². The number of carbonyl (C=O) groups excluding carboxylic acids is 5. The van der Waals surface area contributed by atoms with Crippen molar-refractivity contribution in [1.82, 2.24) is 21.3 Å². The van der Waals surface area contributed by atoms with Crippen LogP contribution < -0.4 is 21.3 Å². The van der Waals surface area contributed by atoms with E-state index in [1.807, 2.05) is 0 Å². The maximum Gasteiger partial charge on any atom is 0.310 e. The highest BCUT2D eigenvalue weighted by Gasteiger charge is 2.45. The van der Waals surface area contributed by atoms with Gasteiger partial charge in [-0.2, -0.15) is 4.20 Å². The van der Waals surface area contributed by atoms with Gasteiger partial charge in [0.1, 0.15) is 42.2 Å². The zero-order valence-electron chi connectivity index (χ0n) is 45.2. The molecule has 3 rings (SSSR count). The van der Waals surface area contributed by atoms with Crippen LogP contribution in [0.25, 0.3) is 0 Å². The molecule has 3 heterocycles. The highest BCUT2D eigenvalue weighted by molar-refractivity contribution is 8.08. The molecule has 0 spiro atoms. The van der Waals surface area contributed by atoms with Gasteiger partial charge in [0.2, 0.25) is 23.6 Å². The van der Waals surface area contributed by atoms with E-state index in [9.17, 15) is 74.1 Å². The lowest BCUT2D eigenvalue weighted by atomic mass is 9.92. The first-order valence-electron chi connectivity index (χ1n) is 26.6. The number of rotatable bonds is 39. The minimum Gasteiger partial charge on any atom is -0.410 e. The number of aliphatic hydroxyl groups is 9. The molecule has 0 aromatic rings. The quantitative estimate of drug-likeness (QED) is 0.0211. The van der Waals surface area contributed by atoms with E-state index in [0.29, 0.717) is 19.3 Å². The fourth-order valence-corrected chi connectivity index (χ4v) is 9.06. The van der Waals surface area contributed by atoms with Gasteiger partial charge in [0.25, 0.3) is 8.15 Å². The molecular weight excluding hydrogens is 1100 g/mol. The Bertz CT molecular complexity index is 1610. The Morgan fingerprint density at radius 1 is 0.494 bits per heavy atom. The first kappa shape index (κ1) is 70.7. The van der Waals surface area contributed by atoms with Gasteiger partial charge in [-0.1, -0.05) is 20.8 Å². The van der Waals surface area contributed by atoms with Gasteiger partial charge in [-0.25, -0.2) is 0 Å². The van der Waals surface area contributed by atoms with Crippen molar-refractivity contribution in [3.8, 4) is 0 Å². The van der Waals surface area contributed by atoms with Crippen LogP contribution in [-0.4, -0.2) is 254 Å². The molecule has 0 bridgehead atoms. The van der Waals surface area contributed by atoms with Crippen molar-refractivity contribution < 1.29 is 121 Å². The highest BCUT2D eigenvalue weighted by atomic mass is 32.0. The fraction of sp³-hybridized carbons (Fsp3) is 0.896. The van der Waals surface area contributed by atoms with Crippen LogP contribution in [0.15, 0.2) is 0 Å². The number of hydrogen-bond acceptors (Lipinski definition) is 24. The summed E-state index contributed by atoms with van der Waals surface area (Å²) in [5.74, 6) is -4.42. The Labute approximate surface area is 462 Å². The molecule has 0 aliphatic carbocycles. The molecule has 3 fully saturated rings. The summed E-state index contributed by atoms with van der Waals surface area (Å²) in [5.41, 5.74) is -1.51. The molecule has 0 saturated carbocycles. The number of nitrogens with one attached hydrogen (secondary N) is 4. The van der Waals surface area contributed by atoms with Gasteiger partial charge in [-0.3, -0.25) is 24.0 Å². The van der Waals surface area contributed by atoms with Crippen LogP contribution in [0.3, 0.4) is 0 Å². The van der Waals surface area contributed by atoms with Gasteiger partial charge in [-0.05, 0) is 34.6 Å². The molecule has 460 valence electrons. The largest absolute Gasteiger partial charge is 0.410 e. The van der Waals surface area contributed by atoms with Crippen molar-refractivity contribution in [3.63, 3.8) is 0 Å². The summed E-state index contributed by atoms with van der Waals surface area (Å²) in [6, 6.07) is 0. The summed E-state index contributed by atoms with van der Waals surface area (Å²) in [5, 5.41) is 101. The first-order chi connectivity index (χ1) is 37.7. The predicted molar refractivity (Wildman–Crippen MR) is 276 cm³/mol. The third kappa shape index (κ3) is 25.4. The van der Waals surface area contributed by atoms with E-state index < -0.39 is 155 Å². The van der Waals surface area contributed by atoms with Crippen molar-refractivity contribution in [2.24, 2.45) is 17.8 Å². The number of halogens is 1. The molecule has 3 aliphatic rings. The monoisotopic (exact) mass is 1180 g/mol. The maximum absolute atomic E-state index is 13.5. The minimum absolute atomic E-state index is 0.0261. The Hall–Kier alpha value is -2.58. The minimum atomic E-state index is -2.54. The van der Waals surface area contributed by atoms with Crippen molar-refractivity contribution in [2.45, 2.75) is 158 Å². The van der Waals surface area contributed by atoms with Crippen molar-refractivity contribution in [1.29, 1.82) is 0 Å². The topological polar surface area (TPSA) is 408 Å². The van der Waals surface area contributed by atoms with Crippen molar-refractivity contribution in [2.75, 3.05) is 98.9 Å². The summed E-state index contributed by atoms with van der Waals surface area (Å²) >= 11 is 0. The van der Waals surface area contributed by atoms with Crippen molar-refractivity contribution >= 4 is 46.7 Å². The number of hydrogen-bond donors (Lipinski definition) is 13. The van der Waals surface area contributed by atoms with E-state index in [4.69, 9.17) is 42.6 Å². The average molecular weight is 1190 g/mol. The zero-order valence-corrected chi connectivity index (χ0v) is 47.2.